The maximum absolute atomic E-state index is 13.0. The predicted octanol–water partition coefficient (Wildman–Crippen LogP) is 1.12. The van der Waals surface area contributed by atoms with Gasteiger partial charge in [0.1, 0.15) is 23.7 Å². The van der Waals surface area contributed by atoms with E-state index in [0.29, 0.717) is 42.2 Å². The fourth-order valence-corrected chi connectivity index (χ4v) is 8.40. The molecule has 0 radical (unpaired) electrons. The number of aliphatic hydroxyl groups excluding tert-OH is 2. The number of phenols is 2. The molecule has 2 saturated heterocycles. The molecule has 0 spiro atoms. The van der Waals surface area contributed by atoms with Crippen molar-refractivity contribution in [2.24, 2.45) is 5.14 Å². The summed E-state index contributed by atoms with van der Waals surface area (Å²) in [7, 11) is -3.90. The van der Waals surface area contributed by atoms with E-state index in [4.69, 9.17) is 15.1 Å². The first-order valence-electron chi connectivity index (χ1n) is 18.7. The maximum Gasteiger partial charge on any atom is 0.324 e. The summed E-state index contributed by atoms with van der Waals surface area (Å²) in [5.74, 6) is 0.00504. The minimum atomic E-state index is -3.90. The van der Waals surface area contributed by atoms with Crippen LogP contribution in [0.5, 0.6) is 11.5 Å². The fourth-order valence-electron chi connectivity index (χ4n) is 7.88. The second-order valence-corrected chi connectivity index (χ2v) is 16.2. The number of phenolic OH excluding ortho intramolecular Hbond substituents is 2. The van der Waals surface area contributed by atoms with Crippen LogP contribution in [0.25, 0.3) is 11.2 Å². The van der Waals surface area contributed by atoms with Gasteiger partial charge < -0.3 is 51.2 Å². The molecule has 4 heterocycles. The SMILES string of the molecule is NS(=O)(=O)c1ccc(NC(=O)N[C@@H]2CCN(c3nc(NCC(c4ccc(O)cc4)c4ccc(O)cc4)c4ncn([C@@H]5C[C@H](N6C(=O)CNC6=O)[C@@H](O)[C@H]5O)c4n3)C2)cc1. The summed E-state index contributed by atoms with van der Waals surface area (Å²) in [6.45, 7) is 0.810. The van der Waals surface area contributed by atoms with Crippen LogP contribution in [-0.4, -0.2) is 122 Å². The van der Waals surface area contributed by atoms with Gasteiger partial charge in [0.25, 0.3) is 0 Å². The van der Waals surface area contributed by atoms with Crippen molar-refractivity contribution in [3.63, 3.8) is 0 Å². The lowest BCUT2D eigenvalue weighted by molar-refractivity contribution is -0.128. The van der Waals surface area contributed by atoms with Gasteiger partial charge >= 0.3 is 12.1 Å². The molecule has 3 fully saturated rings. The third-order valence-electron chi connectivity index (χ3n) is 10.9. The summed E-state index contributed by atoms with van der Waals surface area (Å²) in [5.41, 5.74) is 2.72. The molecular formula is C38H41N11O9S. The number of urea groups is 2. The Morgan fingerprint density at radius 2 is 1.56 bits per heavy atom. The van der Waals surface area contributed by atoms with E-state index >= 15 is 0 Å². The second-order valence-electron chi connectivity index (χ2n) is 14.7. The Balaban J connectivity index is 1.08. The number of benzene rings is 3. The minimum absolute atomic E-state index is 0.0222. The number of imide groups is 1. The average Bonchev–Trinajstić information content (AvgIpc) is 3.99. The molecule has 0 unspecified atom stereocenters. The second kappa shape index (κ2) is 15.7. The molecule has 59 heavy (non-hydrogen) atoms. The van der Waals surface area contributed by atoms with Crippen LogP contribution >= 0.6 is 0 Å². The topological polar surface area (TPSA) is 290 Å². The maximum atomic E-state index is 13.0. The molecule has 8 rings (SSSR count). The first kappa shape index (κ1) is 39.3. The molecule has 1 aliphatic carbocycles. The zero-order valence-corrected chi connectivity index (χ0v) is 32.0. The van der Waals surface area contributed by atoms with Crippen LogP contribution in [0.15, 0.2) is 84.0 Å². The minimum Gasteiger partial charge on any atom is -0.508 e. The van der Waals surface area contributed by atoms with Crippen molar-refractivity contribution in [1.82, 2.24) is 35.1 Å². The summed E-state index contributed by atoms with van der Waals surface area (Å²) >= 11 is 0. The summed E-state index contributed by atoms with van der Waals surface area (Å²) in [6, 6.07) is 15.6. The van der Waals surface area contributed by atoms with Crippen molar-refractivity contribution in [2.75, 3.05) is 41.7 Å². The standard InChI is InChI=1S/C38H41N11O9S/c39-59(57,58)26-11-5-22(6-12-26)43-37(55)44-23-13-14-47(18-23)36-45-34(40-16-27(20-1-7-24(50)8-2-20)21-3-9-25(51)10-4-21)31-35(46-36)48(19-42-31)28-15-29(33(54)32(28)53)49-30(52)17-41-38(49)56/h1-12,19,23,27-29,32-33,50-51,53-54H,13-18H2,(H,41,56)(H2,39,57,58)(H,40,45,46)(H2,43,44,55)/t23-,28-,29+,32+,33-/m1/s1. The predicted molar refractivity (Wildman–Crippen MR) is 212 cm³/mol. The van der Waals surface area contributed by atoms with Crippen molar-refractivity contribution in [3.05, 3.63) is 90.3 Å². The van der Waals surface area contributed by atoms with E-state index in [1.165, 1.54) is 30.6 Å². The number of carbonyl (C=O) groups is 3. The van der Waals surface area contributed by atoms with E-state index in [0.717, 1.165) is 16.0 Å². The molecule has 2 aromatic heterocycles. The molecule has 10 N–H and O–H groups in total. The lowest BCUT2D eigenvalue weighted by Gasteiger charge is -2.23. The quantitative estimate of drug-likeness (QED) is 0.0844. The largest absolute Gasteiger partial charge is 0.508 e. The molecule has 5 atom stereocenters. The first-order valence-corrected chi connectivity index (χ1v) is 20.3. The molecule has 1 saturated carbocycles. The zero-order valence-electron chi connectivity index (χ0n) is 31.2. The van der Waals surface area contributed by atoms with Crippen LogP contribution in [0, 0.1) is 0 Å². The smallest absolute Gasteiger partial charge is 0.324 e. The molecule has 3 aromatic carbocycles. The number of hydrogen-bond donors (Lipinski definition) is 9. The fraction of sp³-hybridized carbons (Fsp3) is 0.316. The van der Waals surface area contributed by atoms with Gasteiger partial charge in [-0.3, -0.25) is 9.69 Å². The molecular weight excluding hydrogens is 787 g/mol. The molecule has 3 aliphatic rings. The van der Waals surface area contributed by atoms with E-state index in [1.807, 2.05) is 4.90 Å². The summed E-state index contributed by atoms with van der Waals surface area (Å²) in [5, 5.41) is 59.1. The van der Waals surface area contributed by atoms with E-state index in [9.17, 15) is 43.2 Å². The Morgan fingerprint density at radius 1 is 0.915 bits per heavy atom. The van der Waals surface area contributed by atoms with Gasteiger partial charge in [-0.1, -0.05) is 24.3 Å². The number of anilines is 3. The number of aromatic nitrogens is 4. The Bertz CT molecular complexity index is 2440. The summed E-state index contributed by atoms with van der Waals surface area (Å²) < 4.78 is 24.8. The van der Waals surface area contributed by atoms with Crippen molar-refractivity contribution in [2.45, 2.75) is 54.0 Å². The van der Waals surface area contributed by atoms with E-state index in [2.05, 4.69) is 26.3 Å². The van der Waals surface area contributed by atoms with Gasteiger partial charge in [-0.05, 0) is 72.5 Å². The van der Waals surface area contributed by atoms with Crippen LogP contribution < -0.4 is 31.3 Å². The molecule has 0 bridgehead atoms. The summed E-state index contributed by atoms with van der Waals surface area (Å²) in [6.07, 6.45) is -0.824. The molecule has 2 aliphatic heterocycles. The number of sulfonamides is 1. The number of nitrogens with two attached hydrogens (primary N) is 1. The Hall–Kier alpha value is -6.55. The van der Waals surface area contributed by atoms with Crippen LogP contribution in [0.1, 0.15) is 35.9 Å². The monoisotopic (exact) mass is 827 g/mol. The third kappa shape index (κ3) is 7.99. The Kier molecular flexibility index (Phi) is 10.4. The van der Waals surface area contributed by atoms with Crippen LogP contribution in [0.3, 0.4) is 0 Å². The van der Waals surface area contributed by atoms with Crippen molar-refractivity contribution < 1.29 is 43.2 Å². The van der Waals surface area contributed by atoms with E-state index in [1.54, 1.807) is 53.1 Å². The number of hydrogen-bond acceptors (Lipinski definition) is 14. The molecule has 308 valence electrons. The average molecular weight is 828 g/mol. The van der Waals surface area contributed by atoms with Gasteiger partial charge in [0.15, 0.2) is 17.0 Å². The first-order chi connectivity index (χ1) is 28.2. The summed E-state index contributed by atoms with van der Waals surface area (Å²) in [4.78, 5) is 55.2. The lowest BCUT2D eigenvalue weighted by Crippen LogP contribution is -2.46. The van der Waals surface area contributed by atoms with Crippen LogP contribution in [0.4, 0.5) is 27.0 Å². The van der Waals surface area contributed by atoms with Gasteiger partial charge in [-0.15, -0.1) is 0 Å². The number of rotatable bonds is 11. The van der Waals surface area contributed by atoms with Gasteiger partial charge in [0.2, 0.25) is 21.9 Å². The highest BCUT2D eigenvalue weighted by Crippen LogP contribution is 2.38. The highest BCUT2D eigenvalue weighted by atomic mass is 32.2. The zero-order chi connectivity index (χ0) is 41.6. The number of aliphatic hydroxyl groups is 2. The van der Waals surface area contributed by atoms with Gasteiger partial charge in [-0.2, -0.15) is 9.97 Å². The Labute approximate surface area is 336 Å². The molecule has 5 amide bonds. The van der Waals surface area contributed by atoms with E-state index < -0.39 is 52.3 Å². The van der Waals surface area contributed by atoms with Gasteiger partial charge in [0, 0.05) is 37.3 Å². The van der Waals surface area contributed by atoms with Crippen LogP contribution in [-0.2, 0) is 14.8 Å². The number of primary sulfonamides is 1. The third-order valence-corrected chi connectivity index (χ3v) is 11.8. The highest BCUT2D eigenvalue weighted by molar-refractivity contribution is 7.89. The number of fused-ring (bicyclic) bond motifs is 1. The number of carbonyl (C=O) groups excluding carboxylic acids is 3. The normalized spacial score (nSPS) is 22.0. The number of imidazole rings is 1. The molecule has 21 heteroatoms. The molecule has 20 nitrogen and oxygen atoms in total. The Morgan fingerprint density at radius 3 is 2.17 bits per heavy atom. The number of nitrogens with one attached hydrogen (secondary N) is 4. The van der Waals surface area contributed by atoms with Crippen molar-refractivity contribution >= 4 is 56.6 Å². The number of aromatic hydroxyl groups is 2. The molecule has 5 aromatic rings. The highest BCUT2D eigenvalue weighted by Gasteiger charge is 2.50. The number of nitrogens with zero attached hydrogens (tertiary/aromatic N) is 6. The van der Waals surface area contributed by atoms with Crippen molar-refractivity contribution in [3.8, 4) is 11.5 Å². The lowest BCUT2D eigenvalue weighted by atomic mass is 9.91. The van der Waals surface area contributed by atoms with Crippen molar-refractivity contribution in [1.29, 1.82) is 0 Å². The van der Waals surface area contributed by atoms with Gasteiger partial charge in [0.05, 0.1) is 29.9 Å². The van der Waals surface area contributed by atoms with Gasteiger partial charge in [-0.25, -0.2) is 28.1 Å². The number of amides is 5. The van der Waals surface area contributed by atoms with E-state index in [-0.39, 0.29) is 53.8 Å². The van der Waals surface area contributed by atoms with Crippen LogP contribution in [0.2, 0.25) is 0 Å².